The molecule has 3 aromatic rings. The predicted molar refractivity (Wildman–Crippen MR) is 96.1 cm³/mol. The molecule has 0 fully saturated rings. The highest BCUT2D eigenvalue weighted by Gasteiger charge is 2.22. The molecule has 0 saturated heterocycles. The van der Waals surface area contributed by atoms with E-state index in [1.807, 2.05) is 49.7 Å². The van der Waals surface area contributed by atoms with E-state index in [9.17, 15) is 0 Å². The van der Waals surface area contributed by atoms with Crippen LogP contribution in [0.5, 0.6) is 5.88 Å². The van der Waals surface area contributed by atoms with Crippen molar-refractivity contribution in [1.29, 1.82) is 5.41 Å². The van der Waals surface area contributed by atoms with Crippen molar-refractivity contribution in [3.8, 4) is 5.88 Å². The number of H-pyrrole nitrogens is 1. The lowest BCUT2D eigenvalue weighted by molar-refractivity contribution is 0.197. The van der Waals surface area contributed by atoms with Crippen LogP contribution in [0.25, 0.3) is 11.1 Å². The zero-order valence-corrected chi connectivity index (χ0v) is 13.7. The van der Waals surface area contributed by atoms with Crippen molar-refractivity contribution in [2.75, 3.05) is 13.2 Å². The average molecular weight is 335 g/mol. The molecule has 0 saturated carbocycles. The minimum absolute atomic E-state index is 0.106. The van der Waals surface area contributed by atoms with Crippen molar-refractivity contribution in [2.45, 2.75) is 6.92 Å². The summed E-state index contributed by atoms with van der Waals surface area (Å²) in [7, 11) is 0. The maximum Gasteiger partial charge on any atom is 0.260 e. The first-order valence-corrected chi connectivity index (χ1v) is 7.94. The smallest absolute Gasteiger partial charge is 0.260 e. The van der Waals surface area contributed by atoms with Gasteiger partial charge in [-0.3, -0.25) is 5.41 Å². The number of hydrogen-bond acceptors (Lipinski definition) is 5. The number of rotatable bonds is 4. The molecule has 3 heterocycles. The molecule has 1 aliphatic rings. The van der Waals surface area contributed by atoms with E-state index in [1.165, 1.54) is 0 Å². The summed E-state index contributed by atoms with van der Waals surface area (Å²) in [5.74, 6) is 0.339. The van der Waals surface area contributed by atoms with Gasteiger partial charge in [0.15, 0.2) is 5.69 Å². The molecule has 0 aliphatic heterocycles. The average Bonchev–Trinajstić information content (AvgIpc) is 3.23. The summed E-state index contributed by atoms with van der Waals surface area (Å²) >= 11 is 0. The number of nitrogens with zero attached hydrogens (tertiary/aromatic N) is 3. The third-order valence-corrected chi connectivity index (χ3v) is 4.07. The van der Waals surface area contributed by atoms with Crippen LogP contribution in [0, 0.1) is 5.41 Å². The summed E-state index contributed by atoms with van der Waals surface area (Å²) in [6.45, 7) is 2.01. The van der Waals surface area contributed by atoms with Gasteiger partial charge >= 0.3 is 0 Å². The van der Waals surface area contributed by atoms with E-state index in [2.05, 4.69) is 15.1 Å². The van der Waals surface area contributed by atoms with Gasteiger partial charge in [0, 0.05) is 18.0 Å². The van der Waals surface area contributed by atoms with Crippen LogP contribution in [-0.4, -0.2) is 44.3 Å². The largest absolute Gasteiger partial charge is 0.473 e. The predicted octanol–water partition coefficient (Wildman–Crippen LogP) is 2.59. The van der Waals surface area contributed by atoms with Crippen molar-refractivity contribution in [1.82, 2.24) is 14.6 Å². The molecule has 4 rings (SSSR count). The molecule has 126 valence electrons. The van der Waals surface area contributed by atoms with Crippen molar-refractivity contribution in [3.05, 3.63) is 54.0 Å². The molecule has 7 heteroatoms. The van der Waals surface area contributed by atoms with Gasteiger partial charge in [-0.25, -0.2) is 9.51 Å². The van der Waals surface area contributed by atoms with E-state index in [1.54, 1.807) is 4.52 Å². The van der Waals surface area contributed by atoms with Crippen molar-refractivity contribution < 1.29 is 9.84 Å². The van der Waals surface area contributed by atoms with Crippen LogP contribution in [0.3, 0.4) is 0 Å². The summed E-state index contributed by atoms with van der Waals surface area (Å²) in [6.07, 6.45) is 5.51. The number of aliphatic hydroxyl groups is 1. The van der Waals surface area contributed by atoms with Crippen molar-refractivity contribution in [3.63, 3.8) is 0 Å². The SMILES string of the molecule is CC1=C/C(=N\c2c(OCCO)nn3ccccc23)C(=N)c2cc[nH]c21. The number of aromatic nitrogens is 3. The van der Waals surface area contributed by atoms with E-state index >= 15 is 0 Å². The Bertz CT molecular complexity index is 1030. The Morgan fingerprint density at radius 3 is 3.08 bits per heavy atom. The first kappa shape index (κ1) is 15.3. The number of fused-ring (bicyclic) bond motifs is 2. The van der Waals surface area contributed by atoms with Crippen LogP contribution < -0.4 is 4.74 Å². The Hall–Kier alpha value is -3.19. The zero-order valence-electron chi connectivity index (χ0n) is 13.7. The first-order valence-electron chi connectivity index (χ1n) is 7.94. The fourth-order valence-corrected chi connectivity index (χ4v) is 2.91. The van der Waals surface area contributed by atoms with Crippen LogP contribution in [0.2, 0.25) is 0 Å². The fraction of sp³-hybridized carbons (Fsp3) is 0.167. The third kappa shape index (κ3) is 2.54. The summed E-state index contributed by atoms with van der Waals surface area (Å²) in [6, 6.07) is 7.53. The summed E-state index contributed by atoms with van der Waals surface area (Å²) < 4.78 is 7.22. The van der Waals surface area contributed by atoms with Gasteiger partial charge in [-0.1, -0.05) is 6.07 Å². The molecular formula is C18H17N5O2. The molecule has 0 aromatic carbocycles. The number of hydrogen-bond donors (Lipinski definition) is 3. The summed E-state index contributed by atoms with van der Waals surface area (Å²) in [5.41, 5.74) is 5.03. The van der Waals surface area contributed by atoms with Gasteiger partial charge in [0.2, 0.25) is 0 Å². The Morgan fingerprint density at radius 1 is 1.36 bits per heavy atom. The van der Waals surface area contributed by atoms with E-state index in [0.717, 1.165) is 22.3 Å². The Labute approximate surface area is 143 Å². The minimum atomic E-state index is -0.106. The van der Waals surface area contributed by atoms with Crippen LogP contribution in [0.15, 0.2) is 47.7 Å². The Kier molecular flexibility index (Phi) is 3.70. The number of aromatic amines is 1. The Morgan fingerprint density at radius 2 is 2.24 bits per heavy atom. The highest BCUT2D eigenvalue weighted by molar-refractivity contribution is 6.54. The molecule has 3 aromatic heterocycles. The molecule has 3 N–H and O–H groups in total. The lowest BCUT2D eigenvalue weighted by Crippen LogP contribution is -2.17. The number of aliphatic hydroxyl groups excluding tert-OH is 1. The normalized spacial score (nSPS) is 15.5. The van der Waals surface area contributed by atoms with Gasteiger partial charge in [0.25, 0.3) is 5.88 Å². The quantitative estimate of drug-likeness (QED) is 0.683. The topological polar surface area (TPSA) is 98.8 Å². The number of allylic oxidation sites excluding steroid dienone is 2. The maximum atomic E-state index is 9.03. The summed E-state index contributed by atoms with van der Waals surface area (Å²) in [5, 5.41) is 21.9. The van der Waals surface area contributed by atoms with Crippen LogP contribution >= 0.6 is 0 Å². The van der Waals surface area contributed by atoms with Gasteiger partial charge in [-0.2, -0.15) is 0 Å². The molecule has 1 aliphatic carbocycles. The molecule has 0 spiro atoms. The van der Waals surface area contributed by atoms with Crippen LogP contribution in [-0.2, 0) is 0 Å². The van der Waals surface area contributed by atoms with Gasteiger partial charge < -0.3 is 14.8 Å². The van der Waals surface area contributed by atoms with E-state index in [0.29, 0.717) is 23.0 Å². The van der Waals surface area contributed by atoms with Gasteiger partial charge in [-0.15, -0.1) is 5.10 Å². The second-order valence-corrected chi connectivity index (χ2v) is 5.72. The van der Waals surface area contributed by atoms with Crippen molar-refractivity contribution >= 4 is 28.2 Å². The van der Waals surface area contributed by atoms with Crippen molar-refractivity contribution in [2.24, 2.45) is 4.99 Å². The van der Waals surface area contributed by atoms with E-state index in [4.69, 9.17) is 15.3 Å². The molecule has 0 unspecified atom stereocenters. The number of pyridine rings is 1. The Balaban J connectivity index is 1.86. The summed E-state index contributed by atoms with van der Waals surface area (Å²) in [4.78, 5) is 7.83. The highest BCUT2D eigenvalue weighted by Crippen LogP contribution is 2.33. The fourth-order valence-electron chi connectivity index (χ4n) is 2.91. The minimum Gasteiger partial charge on any atom is -0.473 e. The van der Waals surface area contributed by atoms with Gasteiger partial charge in [-0.05, 0) is 36.8 Å². The van der Waals surface area contributed by atoms with E-state index in [-0.39, 0.29) is 13.2 Å². The highest BCUT2D eigenvalue weighted by atomic mass is 16.5. The molecule has 0 radical (unpaired) electrons. The molecule has 0 bridgehead atoms. The number of aliphatic imine (C=N–C) groups is 1. The second-order valence-electron chi connectivity index (χ2n) is 5.72. The lowest BCUT2D eigenvalue weighted by Gasteiger charge is -2.13. The maximum absolute atomic E-state index is 9.03. The number of ether oxygens (including phenoxy) is 1. The van der Waals surface area contributed by atoms with Crippen LogP contribution in [0.4, 0.5) is 5.69 Å². The monoisotopic (exact) mass is 335 g/mol. The van der Waals surface area contributed by atoms with Gasteiger partial charge in [0.05, 0.1) is 29.2 Å². The molecule has 0 amide bonds. The standard InChI is InChI=1S/C18H17N5O2/c1-11-10-13(15(19)12-5-6-20-16(11)12)21-17-14-4-2-3-7-23(14)22-18(17)25-9-8-24/h2-7,10,19-20,24H,8-9H2,1H3/b19-15?,21-13+. The van der Waals surface area contributed by atoms with E-state index < -0.39 is 0 Å². The third-order valence-electron chi connectivity index (χ3n) is 4.07. The zero-order chi connectivity index (χ0) is 17.4. The van der Waals surface area contributed by atoms with Crippen LogP contribution in [0.1, 0.15) is 18.2 Å². The van der Waals surface area contributed by atoms with Gasteiger partial charge in [0.1, 0.15) is 6.61 Å². The molecule has 25 heavy (non-hydrogen) atoms. The first-order chi connectivity index (χ1) is 12.2. The molecular weight excluding hydrogens is 318 g/mol. The molecule has 0 atom stereocenters. The lowest BCUT2D eigenvalue weighted by atomic mass is 9.95. The molecule has 7 nitrogen and oxygen atoms in total. The number of nitrogens with one attached hydrogen (secondary N) is 2. The second kappa shape index (κ2) is 6.03.